The van der Waals surface area contributed by atoms with Crippen LogP contribution in [0.3, 0.4) is 0 Å². The molecule has 1 aliphatic rings. The first kappa shape index (κ1) is 17.5. The van der Waals surface area contributed by atoms with E-state index in [1.54, 1.807) is 22.9 Å². The van der Waals surface area contributed by atoms with Crippen molar-refractivity contribution in [2.75, 3.05) is 26.7 Å². The lowest BCUT2D eigenvalue weighted by Gasteiger charge is -2.41. The van der Waals surface area contributed by atoms with Crippen molar-refractivity contribution in [3.8, 4) is 0 Å². The van der Waals surface area contributed by atoms with Crippen LogP contribution in [0.1, 0.15) is 31.3 Å². The molecule has 1 saturated heterocycles. The van der Waals surface area contributed by atoms with Gasteiger partial charge in [0.15, 0.2) is 10.8 Å². The van der Waals surface area contributed by atoms with Crippen LogP contribution in [0.25, 0.3) is 0 Å². The number of carbonyl (C=O) groups excluding carboxylic acids is 2. The van der Waals surface area contributed by atoms with Gasteiger partial charge in [0.05, 0.1) is 0 Å². The standard InChI is InChI=1S/C15H21ClN4O3/c1-15(2,3)23-14(22)20-8-10(9-20)7-19(4)13(21)11-5-6-12(16)18-17-11/h5-6,10H,7-9H2,1-4H3. The maximum absolute atomic E-state index is 12.2. The Kier molecular flexibility index (Phi) is 5.09. The van der Waals surface area contributed by atoms with Gasteiger partial charge in [-0.05, 0) is 32.9 Å². The van der Waals surface area contributed by atoms with Crippen LogP contribution in [-0.2, 0) is 4.74 Å². The fraction of sp³-hybridized carbons (Fsp3) is 0.600. The van der Waals surface area contributed by atoms with E-state index in [4.69, 9.17) is 16.3 Å². The fourth-order valence-corrected chi connectivity index (χ4v) is 2.36. The second-order valence-electron chi connectivity index (χ2n) is 6.68. The molecule has 0 spiro atoms. The maximum Gasteiger partial charge on any atom is 0.410 e. The van der Waals surface area contributed by atoms with Crippen molar-refractivity contribution in [2.24, 2.45) is 5.92 Å². The minimum atomic E-state index is -0.498. The lowest BCUT2D eigenvalue weighted by atomic mass is 10.0. The zero-order valence-corrected chi connectivity index (χ0v) is 14.5. The number of carbonyl (C=O) groups is 2. The molecule has 0 radical (unpaired) electrons. The Morgan fingerprint density at radius 3 is 2.52 bits per heavy atom. The summed E-state index contributed by atoms with van der Waals surface area (Å²) in [5.41, 5.74) is -0.248. The van der Waals surface area contributed by atoms with E-state index in [1.807, 2.05) is 20.8 Å². The third kappa shape index (κ3) is 4.79. The molecule has 0 aliphatic carbocycles. The molecular formula is C15H21ClN4O3. The van der Waals surface area contributed by atoms with Crippen molar-refractivity contribution in [3.63, 3.8) is 0 Å². The van der Waals surface area contributed by atoms with E-state index in [0.717, 1.165) is 0 Å². The molecule has 2 amide bonds. The predicted molar refractivity (Wildman–Crippen MR) is 85.3 cm³/mol. The summed E-state index contributed by atoms with van der Waals surface area (Å²) in [5, 5.41) is 7.69. The van der Waals surface area contributed by atoms with Crippen LogP contribution in [0.15, 0.2) is 12.1 Å². The SMILES string of the molecule is CN(CC1CN(C(=O)OC(C)(C)C)C1)C(=O)c1ccc(Cl)nn1. The Hall–Kier alpha value is -1.89. The van der Waals surface area contributed by atoms with Gasteiger partial charge in [-0.3, -0.25) is 4.79 Å². The van der Waals surface area contributed by atoms with Crippen LogP contribution in [0.4, 0.5) is 4.79 Å². The van der Waals surface area contributed by atoms with E-state index >= 15 is 0 Å². The molecule has 0 aromatic carbocycles. The number of hydrogen-bond donors (Lipinski definition) is 0. The lowest BCUT2D eigenvalue weighted by molar-refractivity contribution is -0.00451. The number of likely N-dealkylation sites (tertiary alicyclic amines) is 1. The summed E-state index contributed by atoms with van der Waals surface area (Å²) in [7, 11) is 1.70. The lowest BCUT2D eigenvalue weighted by Crippen LogP contribution is -2.55. The minimum Gasteiger partial charge on any atom is -0.444 e. The van der Waals surface area contributed by atoms with Crippen LogP contribution >= 0.6 is 11.6 Å². The minimum absolute atomic E-state index is 0.218. The van der Waals surface area contributed by atoms with Gasteiger partial charge in [0.25, 0.3) is 5.91 Å². The van der Waals surface area contributed by atoms with E-state index < -0.39 is 5.60 Å². The van der Waals surface area contributed by atoms with E-state index in [1.165, 1.54) is 6.07 Å². The number of amides is 2. The summed E-state index contributed by atoms with van der Waals surface area (Å²) in [4.78, 5) is 27.3. The van der Waals surface area contributed by atoms with E-state index in [9.17, 15) is 9.59 Å². The first-order valence-corrected chi connectivity index (χ1v) is 7.76. The molecule has 1 aromatic heterocycles. The van der Waals surface area contributed by atoms with Crippen LogP contribution < -0.4 is 0 Å². The number of nitrogens with zero attached hydrogens (tertiary/aromatic N) is 4. The number of halogens is 1. The highest BCUT2D eigenvalue weighted by atomic mass is 35.5. The summed E-state index contributed by atoms with van der Waals surface area (Å²) >= 11 is 5.66. The third-order valence-corrected chi connectivity index (χ3v) is 3.54. The zero-order valence-electron chi connectivity index (χ0n) is 13.7. The van der Waals surface area contributed by atoms with Gasteiger partial charge in [0.1, 0.15) is 5.60 Å². The van der Waals surface area contributed by atoms with Gasteiger partial charge in [-0.15, -0.1) is 10.2 Å². The molecule has 8 heteroatoms. The summed E-state index contributed by atoms with van der Waals surface area (Å²) in [6.07, 6.45) is -0.314. The van der Waals surface area contributed by atoms with E-state index in [2.05, 4.69) is 10.2 Å². The molecular weight excluding hydrogens is 320 g/mol. The molecule has 2 rings (SSSR count). The van der Waals surface area contributed by atoms with Gasteiger partial charge in [-0.2, -0.15) is 0 Å². The molecule has 2 heterocycles. The molecule has 7 nitrogen and oxygen atoms in total. The van der Waals surface area contributed by atoms with Crippen LogP contribution in [-0.4, -0.2) is 64.3 Å². The molecule has 0 unspecified atom stereocenters. The van der Waals surface area contributed by atoms with Gasteiger partial charge < -0.3 is 14.5 Å². The second kappa shape index (κ2) is 6.70. The molecule has 1 aliphatic heterocycles. The molecule has 0 saturated carbocycles. The van der Waals surface area contributed by atoms with Crippen LogP contribution in [0.2, 0.25) is 5.15 Å². The summed E-state index contributed by atoms with van der Waals surface area (Å²) in [6, 6.07) is 3.07. The zero-order chi connectivity index (χ0) is 17.2. The number of hydrogen-bond acceptors (Lipinski definition) is 5. The second-order valence-corrected chi connectivity index (χ2v) is 7.07. The van der Waals surface area contributed by atoms with Crippen LogP contribution in [0.5, 0.6) is 0 Å². The highest BCUT2D eigenvalue weighted by Crippen LogP contribution is 2.20. The quantitative estimate of drug-likeness (QED) is 0.842. The normalized spacial score (nSPS) is 15.1. The average Bonchev–Trinajstić information content (AvgIpc) is 2.40. The van der Waals surface area contributed by atoms with Gasteiger partial charge >= 0.3 is 6.09 Å². The molecule has 0 atom stereocenters. The van der Waals surface area contributed by atoms with Gasteiger partial charge in [0.2, 0.25) is 0 Å². The molecule has 1 fully saturated rings. The van der Waals surface area contributed by atoms with Crippen molar-refractivity contribution >= 4 is 23.6 Å². The Labute approximate surface area is 140 Å². The molecule has 23 heavy (non-hydrogen) atoms. The first-order valence-electron chi connectivity index (χ1n) is 7.38. The largest absolute Gasteiger partial charge is 0.444 e. The highest BCUT2D eigenvalue weighted by molar-refractivity contribution is 6.29. The Morgan fingerprint density at radius 2 is 2.00 bits per heavy atom. The maximum atomic E-state index is 12.2. The molecule has 0 bridgehead atoms. The Morgan fingerprint density at radius 1 is 1.35 bits per heavy atom. The third-order valence-electron chi connectivity index (χ3n) is 3.34. The molecule has 0 N–H and O–H groups in total. The monoisotopic (exact) mass is 340 g/mol. The van der Waals surface area contributed by atoms with Gasteiger partial charge in [0, 0.05) is 32.6 Å². The Bertz CT molecular complexity index is 579. The van der Waals surface area contributed by atoms with E-state index in [-0.39, 0.29) is 28.8 Å². The summed E-state index contributed by atoms with van der Waals surface area (Å²) < 4.78 is 5.30. The van der Waals surface area contributed by atoms with E-state index in [0.29, 0.717) is 19.6 Å². The number of rotatable bonds is 3. The number of aromatic nitrogens is 2. The topological polar surface area (TPSA) is 75.6 Å². The van der Waals surface area contributed by atoms with Gasteiger partial charge in [-0.1, -0.05) is 11.6 Å². The molecule has 126 valence electrons. The van der Waals surface area contributed by atoms with Crippen molar-refractivity contribution in [1.29, 1.82) is 0 Å². The summed E-state index contributed by atoms with van der Waals surface area (Å²) in [5.74, 6) is 0.0154. The smallest absolute Gasteiger partial charge is 0.410 e. The fourth-order valence-electron chi connectivity index (χ4n) is 2.26. The molecule has 1 aromatic rings. The Balaban J connectivity index is 1.80. The van der Waals surface area contributed by atoms with Gasteiger partial charge in [-0.25, -0.2) is 4.79 Å². The summed E-state index contributed by atoms with van der Waals surface area (Å²) in [6.45, 7) is 7.21. The predicted octanol–water partition coefficient (Wildman–Crippen LogP) is 2.07. The van der Waals surface area contributed by atoms with Crippen molar-refractivity contribution < 1.29 is 14.3 Å². The average molecular weight is 341 g/mol. The van der Waals surface area contributed by atoms with Crippen molar-refractivity contribution in [3.05, 3.63) is 23.0 Å². The van der Waals surface area contributed by atoms with Crippen molar-refractivity contribution in [1.82, 2.24) is 20.0 Å². The first-order chi connectivity index (χ1) is 10.7. The van der Waals surface area contributed by atoms with Crippen LogP contribution in [0, 0.1) is 5.92 Å². The van der Waals surface area contributed by atoms with Crippen molar-refractivity contribution in [2.45, 2.75) is 26.4 Å². The number of ether oxygens (including phenoxy) is 1. The highest BCUT2D eigenvalue weighted by Gasteiger charge is 2.34.